The van der Waals surface area contributed by atoms with Crippen LogP contribution in [0, 0.1) is 5.92 Å². The van der Waals surface area contributed by atoms with Gasteiger partial charge in [0.15, 0.2) is 0 Å². The van der Waals surface area contributed by atoms with Crippen LogP contribution in [0.2, 0.25) is 0 Å². The van der Waals surface area contributed by atoms with Gasteiger partial charge in [-0.1, -0.05) is 0 Å². The number of carbonyl (C=O) groups is 1. The van der Waals surface area contributed by atoms with E-state index in [1.807, 2.05) is 0 Å². The van der Waals surface area contributed by atoms with Gasteiger partial charge in [-0.2, -0.15) is 0 Å². The highest BCUT2D eigenvalue weighted by molar-refractivity contribution is 7.89. The van der Waals surface area contributed by atoms with E-state index in [1.165, 1.54) is 6.92 Å². The van der Waals surface area contributed by atoms with E-state index < -0.39 is 28.0 Å². The van der Waals surface area contributed by atoms with Crippen molar-refractivity contribution in [1.29, 1.82) is 0 Å². The average molecular weight is 223 g/mol. The zero-order valence-electron chi connectivity index (χ0n) is 7.76. The van der Waals surface area contributed by atoms with Crippen LogP contribution in [0.5, 0.6) is 0 Å². The van der Waals surface area contributed by atoms with E-state index in [-0.39, 0.29) is 19.0 Å². The predicted octanol–water partition coefficient (Wildman–Crippen LogP) is -0.975. The number of aliphatic carboxylic acids is 1. The number of hydrogen-bond donors (Lipinski definition) is 2. The molecule has 1 saturated heterocycles. The first-order valence-corrected chi connectivity index (χ1v) is 5.92. The van der Waals surface area contributed by atoms with Crippen molar-refractivity contribution in [1.82, 2.24) is 4.72 Å². The monoisotopic (exact) mass is 223 g/mol. The molecule has 0 aliphatic carbocycles. The molecule has 0 bridgehead atoms. The lowest BCUT2D eigenvalue weighted by Gasteiger charge is -2.14. The van der Waals surface area contributed by atoms with Gasteiger partial charge < -0.3 is 9.84 Å². The van der Waals surface area contributed by atoms with Gasteiger partial charge in [0.05, 0.1) is 30.9 Å². The van der Waals surface area contributed by atoms with Crippen molar-refractivity contribution in [3.8, 4) is 0 Å². The molecule has 0 amide bonds. The van der Waals surface area contributed by atoms with Crippen LogP contribution in [0.4, 0.5) is 0 Å². The molecule has 0 spiro atoms. The molecule has 7 heteroatoms. The summed E-state index contributed by atoms with van der Waals surface area (Å²) in [4.78, 5) is 10.7. The molecule has 6 nitrogen and oxygen atoms in total. The minimum Gasteiger partial charge on any atom is -0.481 e. The summed E-state index contributed by atoms with van der Waals surface area (Å²) in [6.45, 7) is 1.68. The van der Waals surface area contributed by atoms with Crippen molar-refractivity contribution < 1.29 is 23.1 Å². The fourth-order valence-corrected chi connectivity index (χ4v) is 2.09. The molecule has 2 unspecified atom stereocenters. The predicted molar refractivity (Wildman–Crippen MR) is 48.3 cm³/mol. The van der Waals surface area contributed by atoms with Crippen LogP contribution in [0.1, 0.15) is 6.92 Å². The lowest BCUT2D eigenvalue weighted by Crippen LogP contribution is -2.43. The molecule has 14 heavy (non-hydrogen) atoms. The van der Waals surface area contributed by atoms with E-state index in [0.717, 1.165) is 0 Å². The van der Waals surface area contributed by atoms with Gasteiger partial charge in [0, 0.05) is 0 Å². The Morgan fingerprint density at radius 2 is 2.21 bits per heavy atom. The molecule has 2 atom stereocenters. The van der Waals surface area contributed by atoms with Crippen LogP contribution in [0.15, 0.2) is 0 Å². The van der Waals surface area contributed by atoms with Gasteiger partial charge in [-0.05, 0) is 6.92 Å². The molecule has 0 saturated carbocycles. The van der Waals surface area contributed by atoms with E-state index in [2.05, 4.69) is 4.72 Å². The van der Waals surface area contributed by atoms with E-state index in [4.69, 9.17) is 9.84 Å². The van der Waals surface area contributed by atoms with Crippen molar-refractivity contribution in [2.24, 2.45) is 5.92 Å². The largest absolute Gasteiger partial charge is 0.481 e. The Morgan fingerprint density at radius 1 is 1.57 bits per heavy atom. The Bertz CT molecular complexity index is 312. The molecule has 0 aromatic heterocycles. The molecule has 1 rings (SSSR count). The minimum atomic E-state index is -3.36. The van der Waals surface area contributed by atoms with Crippen molar-refractivity contribution in [3.05, 3.63) is 0 Å². The van der Waals surface area contributed by atoms with Gasteiger partial charge in [-0.3, -0.25) is 4.79 Å². The summed E-state index contributed by atoms with van der Waals surface area (Å²) in [5, 5.41) is 8.74. The summed E-state index contributed by atoms with van der Waals surface area (Å²) in [5.74, 6) is -1.88. The number of carboxylic acid groups (broad SMARTS) is 1. The van der Waals surface area contributed by atoms with Gasteiger partial charge >= 0.3 is 5.97 Å². The van der Waals surface area contributed by atoms with Crippen molar-refractivity contribution in [3.63, 3.8) is 0 Å². The quantitative estimate of drug-likeness (QED) is 0.639. The second-order valence-corrected chi connectivity index (χ2v) is 5.15. The summed E-state index contributed by atoms with van der Waals surface area (Å²) in [5.41, 5.74) is 0. The van der Waals surface area contributed by atoms with Gasteiger partial charge in [0.2, 0.25) is 10.0 Å². The Labute approximate surface area is 82.3 Å². The first-order chi connectivity index (χ1) is 6.46. The topological polar surface area (TPSA) is 92.7 Å². The maximum absolute atomic E-state index is 11.2. The third-order valence-corrected chi connectivity index (χ3v) is 3.53. The number of nitrogens with one attached hydrogen (secondary N) is 1. The Kier molecular flexibility index (Phi) is 3.46. The second kappa shape index (κ2) is 4.24. The number of sulfonamides is 1. The maximum atomic E-state index is 11.2. The van der Waals surface area contributed by atoms with Crippen LogP contribution >= 0.6 is 0 Å². The van der Waals surface area contributed by atoms with Gasteiger partial charge in [0.1, 0.15) is 0 Å². The number of ether oxygens (including phenoxy) is 1. The standard InChI is InChI=1S/C7H13NO5S/c1-2-14(11,12)8-6-4-13-3-5(6)7(9)10/h5-6,8H,2-4H2,1H3,(H,9,10). The summed E-state index contributed by atoms with van der Waals surface area (Å²) in [7, 11) is -3.36. The third-order valence-electron chi connectivity index (χ3n) is 2.11. The van der Waals surface area contributed by atoms with Gasteiger partial charge in [-0.15, -0.1) is 0 Å². The molecule has 0 aromatic rings. The summed E-state index contributed by atoms with van der Waals surface area (Å²) < 4.78 is 29.5. The highest BCUT2D eigenvalue weighted by atomic mass is 32.2. The smallest absolute Gasteiger partial charge is 0.310 e. The van der Waals surface area contributed by atoms with Crippen molar-refractivity contribution in [2.45, 2.75) is 13.0 Å². The van der Waals surface area contributed by atoms with Crippen LogP contribution in [0.25, 0.3) is 0 Å². The summed E-state index contributed by atoms with van der Waals surface area (Å²) in [6, 6.07) is -0.641. The molecule has 2 N–H and O–H groups in total. The van der Waals surface area contributed by atoms with E-state index in [1.54, 1.807) is 0 Å². The Balaban J connectivity index is 2.65. The Hall–Kier alpha value is -0.660. The highest BCUT2D eigenvalue weighted by Crippen LogP contribution is 2.14. The van der Waals surface area contributed by atoms with E-state index in [9.17, 15) is 13.2 Å². The van der Waals surface area contributed by atoms with Crippen LogP contribution in [-0.2, 0) is 19.6 Å². The number of hydrogen-bond acceptors (Lipinski definition) is 4. The molecule has 82 valence electrons. The zero-order chi connectivity index (χ0) is 10.8. The Morgan fingerprint density at radius 3 is 2.71 bits per heavy atom. The molecule has 1 fully saturated rings. The second-order valence-electron chi connectivity index (χ2n) is 3.11. The number of rotatable bonds is 4. The normalized spacial score (nSPS) is 27.8. The van der Waals surface area contributed by atoms with Crippen molar-refractivity contribution >= 4 is 16.0 Å². The first kappa shape index (κ1) is 11.4. The van der Waals surface area contributed by atoms with E-state index >= 15 is 0 Å². The maximum Gasteiger partial charge on any atom is 0.310 e. The molecule has 1 aliphatic heterocycles. The number of carboxylic acids is 1. The fraction of sp³-hybridized carbons (Fsp3) is 0.857. The highest BCUT2D eigenvalue weighted by Gasteiger charge is 2.36. The summed E-state index contributed by atoms with van der Waals surface area (Å²) >= 11 is 0. The lowest BCUT2D eigenvalue weighted by atomic mass is 10.1. The third kappa shape index (κ3) is 2.66. The minimum absolute atomic E-state index is 0.0597. The molecular formula is C7H13NO5S. The summed E-state index contributed by atoms with van der Waals surface area (Å²) in [6.07, 6.45) is 0. The lowest BCUT2D eigenvalue weighted by molar-refractivity contribution is -0.142. The SMILES string of the molecule is CCS(=O)(=O)NC1COCC1C(=O)O. The average Bonchev–Trinajstić information content (AvgIpc) is 2.51. The molecule has 0 aromatic carbocycles. The van der Waals surface area contributed by atoms with Crippen molar-refractivity contribution in [2.75, 3.05) is 19.0 Å². The van der Waals surface area contributed by atoms with Gasteiger partial charge in [0.25, 0.3) is 0 Å². The van der Waals surface area contributed by atoms with Crippen LogP contribution in [0.3, 0.4) is 0 Å². The molecular weight excluding hydrogens is 210 g/mol. The van der Waals surface area contributed by atoms with Crippen LogP contribution in [-0.4, -0.2) is 44.5 Å². The molecule has 1 aliphatic rings. The van der Waals surface area contributed by atoms with E-state index in [0.29, 0.717) is 0 Å². The van der Waals surface area contributed by atoms with Crippen LogP contribution < -0.4 is 4.72 Å². The first-order valence-electron chi connectivity index (χ1n) is 4.27. The van der Waals surface area contributed by atoms with Gasteiger partial charge in [-0.25, -0.2) is 13.1 Å². The molecule has 1 heterocycles. The zero-order valence-corrected chi connectivity index (χ0v) is 8.58. The molecule has 0 radical (unpaired) electrons. The fourth-order valence-electron chi connectivity index (χ4n) is 1.23.